The molecule has 0 fully saturated rings. The molecule has 0 spiro atoms. The predicted molar refractivity (Wildman–Crippen MR) is 111 cm³/mol. The second-order valence-corrected chi connectivity index (χ2v) is 8.34. The number of hydrogen-bond acceptors (Lipinski definition) is 4. The lowest BCUT2D eigenvalue weighted by Crippen LogP contribution is -2.49. The summed E-state index contributed by atoms with van der Waals surface area (Å²) in [4.78, 5) is 13.0. The number of ether oxygens (including phenoxy) is 2. The van der Waals surface area contributed by atoms with Gasteiger partial charge >= 0.3 is 0 Å². The molecule has 0 unspecified atom stereocenters. The molecule has 0 bridgehead atoms. The molecule has 1 heterocycles. The molecule has 5 heteroatoms. The molecule has 0 radical (unpaired) electrons. The van der Waals surface area contributed by atoms with E-state index in [1.165, 1.54) is 0 Å². The van der Waals surface area contributed by atoms with E-state index in [-0.39, 0.29) is 11.5 Å². The molecule has 4 nitrogen and oxygen atoms in total. The Bertz CT molecular complexity index is 940. The first kappa shape index (κ1) is 20.4. The standard InChI is InChI=1S/C23H25ClO4/c1-6-14-13-17(27-16-9-7-15(24)8-10-16)11-12-18(14)19-20(25)22(2,3)28-23(4,5)21(19)26/h7-13,25H,6H2,1-5H3. The first-order valence-corrected chi connectivity index (χ1v) is 9.68. The quantitative estimate of drug-likeness (QED) is 0.671. The second-order valence-electron chi connectivity index (χ2n) is 7.90. The summed E-state index contributed by atoms with van der Waals surface area (Å²) in [7, 11) is 0. The van der Waals surface area contributed by atoms with Crippen LogP contribution in [0.25, 0.3) is 5.57 Å². The lowest BCUT2D eigenvalue weighted by Gasteiger charge is -2.40. The van der Waals surface area contributed by atoms with Crippen molar-refractivity contribution in [3.63, 3.8) is 0 Å². The number of benzene rings is 2. The Morgan fingerprint density at radius 2 is 1.61 bits per heavy atom. The van der Waals surface area contributed by atoms with Crippen molar-refractivity contribution in [2.24, 2.45) is 0 Å². The van der Waals surface area contributed by atoms with Crippen molar-refractivity contribution in [2.75, 3.05) is 0 Å². The molecular formula is C23H25ClO4. The van der Waals surface area contributed by atoms with Gasteiger partial charge in [0.2, 0.25) is 0 Å². The third-order valence-corrected chi connectivity index (χ3v) is 5.12. The molecule has 0 aliphatic carbocycles. The van der Waals surface area contributed by atoms with Gasteiger partial charge in [-0.2, -0.15) is 0 Å². The molecule has 0 atom stereocenters. The molecular weight excluding hydrogens is 376 g/mol. The van der Waals surface area contributed by atoms with E-state index in [1.807, 2.05) is 19.1 Å². The normalized spacial score (nSPS) is 18.3. The van der Waals surface area contributed by atoms with E-state index < -0.39 is 11.2 Å². The molecule has 0 aromatic heterocycles. The van der Waals surface area contributed by atoms with Crippen molar-refractivity contribution >= 4 is 23.0 Å². The van der Waals surface area contributed by atoms with Gasteiger partial charge in [0.05, 0.1) is 5.57 Å². The summed E-state index contributed by atoms with van der Waals surface area (Å²) in [6.07, 6.45) is 0.679. The van der Waals surface area contributed by atoms with Gasteiger partial charge in [0.25, 0.3) is 0 Å². The zero-order valence-corrected chi connectivity index (χ0v) is 17.6. The van der Waals surface area contributed by atoms with Gasteiger partial charge in [0.1, 0.15) is 28.5 Å². The van der Waals surface area contributed by atoms with Crippen LogP contribution in [-0.2, 0) is 16.0 Å². The van der Waals surface area contributed by atoms with E-state index in [0.717, 1.165) is 5.56 Å². The van der Waals surface area contributed by atoms with E-state index >= 15 is 0 Å². The van der Waals surface area contributed by atoms with Crippen LogP contribution < -0.4 is 4.74 Å². The molecule has 2 aromatic carbocycles. The van der Waals surface area contributed by atoms with Crippen LogP contribution in [0.1, 0.15) is 45.7 Å². The Labute approximate surface area is 170 Å². The molecule has 1 N–H and O–H groups in total. The summed E-state index contributed by atoms with van der Waals surface area (Å²) in [6, 6.07) is 12.6. The highest BCUT2D eigenvalue weighted by atomic mass is 35.5. The molecule has 1 aliphatic rings. The SMILES string of the molecule is CCc1cc(Oc2ccc(Cl)cc2)ccc1C1=C(O)C(C)(C)OC(C)(C)C1=O. The number of halogens is 1. The van der Waals surface area contributed by atoms with Crippen LogP contribution in [0.15, 0.2) is 48.2 Å². The fourth-order valence-corrected chi connectivity index (χ4v) is 3.63. The van der Waals surface area contributed by atoms with Gasteiger partial charge in [-0.05, 0) is 81.6 Å². The van der Waals surface area contributed by atoms with E-state index in [2.05, 4.69) is 0 Å². The fraction of sp³-hybridized carbons (Fsp3) is 0.348. The number of hydrogen-bond donors (Lipinski definition) is 1. The molecule has 2 aromatic rings. The van der Waals surface area contributed by atoms with Crippen molar-refractivity contribution < 1.29 is 19.4 Å². The Morgan fingerprint density at radius 1 is 1.00 bits per heavy atom. The number of aliphatic hydroxyl groups excluding tert-OH is 1. The molecule has 0 amide bonds. The Hall–Kier alpha value is -2.30. The summed E-state index contributed by atoms with van der Waals surface area (Å²) in [5.41, 5.74) is -0.0333. The third kappa shape index (κ3) is 3.80. The lowest BCUT2D eigenvalue weighted by atomic mass is 9.81. The van der Waals surface area contributed by atoms with Crippen molar-refractivity contribution in [3.8, 4) is 11.5 Å². The van der Waals surface area contributed by atoms with Gasteiger partial charge in [-0.25, -0.2) is 0 Å². The Balaban J connectivity index is 2.04. The largest absolute Gasteiger partial charge is 0.508 e. The number of carbonyl (C=O) groups excluding carboxylic acids is 1. The van der Waals surface area contributed by atoms with Gasteiger partial charge in [0, 0.05) is 5.02 Å². The van der Waals surface area contributed by atoms with Crippen LogP contribution in [-0.4, -0.2) is 22.1 Å². The topological polar surface area (TPSA) is 55.8 Å². The van der Waals surface area contributed by atoms with Crippen molar-refractivity contribution in [1.82, 2.24) is 0 Å². The molecule has 0 saturated heterocycles. The van der Waals surface area contributed by atoms with E-state index in [1.54, 1.807) is 58.0 Å². The third-order valence-electron chi connectivity index (χ3n) is 4.87. The maximum absolute atomic E-state index is 13.0. The van der Waals surface area contributed by atoms with Gasteiger partial charge in [-0.3, -0.25) is 4.79 Å². The summed E-state index contributed by atoms with van der Waals surface area (Å²) in [5.74, 6) is 1.05. The minimum Gasteiger partial charge on any atom is -0.508 e. The number of carbonyl (C=O) groups is 1. The van der Waals surface area contributed by atoms with Crippen LogP contribution in [0, 0.1) is 0 Å². The smallest absolute Gasteiger partial charge is 0.198 e. The van der Waals surface area contributed by atoms with Crippen LogP contribution in [0.5, 0.6) is 11.5 Å². The zero-order chi connectivity index (χ0) is 20.7. The molecule has 28 heavy (non-hydrogen) atoms. The van der Waals surface area contributed by atoms with Crippen molar-refractivity contribution in [1.29, 1.82) is 0 Å². The molecule has 0 saturated carbocycles. The van der Waals surface area contributed by atoms with Crippen LogP contribution in [0.2, 0.25) is 5.02 Å². The maximum atomic E-state index is 13.0. The van der Waals surface area contributed by atoms with Crippen LogP contribution >= 0.6 is 11.6 Å². The number of ketones is 1. The Kier molecular flexibility index (Phi) is 5.30. The van der Waals surface area contributed by atoms with Gasteiger partial charge in [-0.1, -0.05) is 24.6 Å². The first-order valence-electron chi connectivity index (χ1n) is 9.30. The van der Waals surface area contributed by atoms with Crippen molar-refractivity contribution in [2.45, 2.75) is 52.2 Å². The molecule has 1 aliphatic heterocycles. The number of Topliss-reactive ketones (excluding diaryl/α,β-unsaturated/α-hetero) is 1. The molecule has 148 valence electrons. The van der Waals surface area contributed by atoms with Crippen molar-refractivity contribution in [3.05, 3.63) is 64.4 Å². The zero-order valence-electron chi connectivity index (χ0n) is 16.8. The van der Waals surface area contributed by atoms with E-state index in [4.69, 9.17) is 21.1 Å². The summed E-state index contributed by atoms with van der Waals surface area (Å²) < 4.78 is 11.7. The fourth-order valence-electron chi connectivity index (χ4n) is 3.50. The van der Waals surface area contributed by atoms with Crippen LogP contribution in [0.4, 0.5) is 0 Å². The number of rotatable bonds is 4. The van der Waals surface area contributed by atoms with Gasteiger partial charge in [0.15, 0.2) is 5.78 Å². The monoisotopic (exact) mass is 400 g/mol. The van der Waals surface area contributed by atoms with E-state index in [0.29, 0.717) is 34.1 Å². The molecule has 3 rings (SSSR count). The minimum absolute atomic E-state index is 0.0436. The highest BCUT2D eigenvalue weighted by Gasteiger charge is 2.47. The second kappa shape index (κ2) is 7.26. The lowest BCUT2D eigenvalue weighted by molar-refractivity contribution is -0.158. The number of aryl methyl sites for hydroxylation is 1. The van der Waals surface area contributed by atoms with E-state index in [9.17, 15) is 9.90 Å². The van der Waals surface area contributed by atoms with Gasteiger partial charge < -0.3 is 14.6 Å². The van der Waals surface area contributed by atoms with Crippen LogP contribution in [0.3, 0.4) is 0 Å². The Morgan fingerprint density at radius 3 is 2.21 bits per heavy atom. The number of aliphatic hydroxyl groups is 1. The highest BCUT2D eigenvalue weighted by Crippen LogP contribution is 2.41. The van der Waals surface area contributed by atoms with Gasteiger partial charge in [-0.15, -0.1) is 0 Å². The predicted octanol–water partition coefficient (Wildman–Crippen LogP) is 6.12. The summed E-state index contributed by atoms with van der Waals surface area (Å²) in [5, 5.41) is 11.4. The highest BCUT2D eigenvalue weighted by molar-refractivity contribution is 6.30. The maximum Gasteiger partial charge on any atom is 0.198 e. The minimum atomic E-state index is -1.02. The summed E-state index contributed by atoms with van der Waals surface area (Å²) >= 11 is 5.92. The average molecular weight is 401 g/mol. The summed E-state index contributed by atoms with van der Waals surface area (Å²) in [6.45, 7) is 8.99. The first-order chi connectivity index (χ1) is 13.0. The average Bonchev–Trinajstić information content (AvgIpc) is 2.62.